The maximum atomic E-state index is 11.4. The molecule has 0 radical (unpaired) electrons. The highest BCUT2D eigenvalue weighted by Crippen LogP contribution is 2.37. The topological polar surface area (TPSA) is 93.8 Å². The van der Waals surface area contributed by atoms with Gasteiger partial charge in [0.25, 0.3) is 0 Å². The van der Waals surface area contributed by atoms with Crippen molar-refractivity contribution in [3.8, 4) is 11.8 Å². The summed E-state index contributed by atoms with van der Waals surface area (Å²) in [5.41, 5.74) is 2.74. The fourth-order valence-electron chi connectivity index (χ4n) is 3.64. The Morgan fingerprint density at radius 1 is 1.10 bits per heavy atom. The van der Waals surface area contributed by atoms with Crippen LogP contribution in [0.4, 0.5) is 11.5 Å². The number of hydrogen-bond acceptors (Lipinski definition) is 7. The summed E-state index contributed by atoms with van der Waals surface area (Å²) in [4.78, 5) is 27.5. The number of aryl methyl sites for hydroxylation is 2. The lowest BCUT2D eigenvalue weighted by Gasteiger charge is -2.37. The summed E-state index contributed by atoms with van der Waals surface area (Å²) >= 11 is 0. The van der Waals surface area contributed by atoms with Gasteiger partial charge in [-0.1, -0.05) is 11.2 Å². The lowest BCUT2D eigenvalue weighted by atomic mass is 9.87. The molecule has 8 nitrogen and oxygen atoms in total. The van der Waals surface area contributed by atoms with Crippen LogP contribution in [0.5, 0.6) is 0 Å². The summed E-state index contributed by atoms with van der Waals surface area (Å²) in [5, 5.41) is 15.5. The Morgan fingerprint density at radius 3 is 2.59 bits per heavy atom. The van der Waals surface area contributed by atoms with Crippen LogP contribution in [-0.4, -0.2) is 39.3 Å². The quantitative estimate of drug-likeness (QED) is 0.443. The van der Waals surface area contributed by atoms with Gasteiger partial charge in [0, 0.05) is 49.8 Å². The van der Waals surface area contributed by atoms with Gasteiger partial charge in [-0.3, -0.25) is 10.1 Å². The van der Waals surface area contributed by atoms with Gasteiger partial charge in [0.2, 0.25) is 5.82 Å². The normalized spacial score (nSPS) is 17.3. The summed E-state index contributed by atoms with van der Waals surface area (Å²) in [6, 6.07) is 8.90. The van der Waals surface area contributed by atoms with Crippen molar-refractivity contribution in [2.75, 3.05) is 18.0 Å². The standard InChI is InChI=1S/C21H21N5O3/c1-15-4-3-5-17(22-15)7-8-18-14-21(29-24-18)10-12-25(13-11-21)20-19(26(27)28)9-6-16(2)23-20/h3-6,9H,10-14H2,1-2H3. The van der Waals surface area contributed by atoms with Crippen LogP contribution in [0.1, 0.15) is 36.3 Å². The molecule has 1 spiro atoms. The van der Waals surface area contributed by atoms with E-state index in [2.05, 4.69) is 27.0 Å². The number of piperidine rings is 1. The first-order chi connectivity index (χ1) is 13.9. The number of nitro groups is 1. The van der Waals surface area contributed by atoms with E-state index in [1.54, 1.807) is 6.07 Å². The molecule has 2 aromatic heterocycles. The number of pyridine rings is 2. The van der Waals surface area contributed by atoms with Gasteiger partial charge in [0.05, 0.1) is 4.92 Å². The maximum absolute atomic E-state index is 11.4. The molecule has 4 rings (SSSR count). The zero-order valence-electron chi connectivity index (χ0n) is 16.4. The molecule has 2 aliphatic heterocycles. The van der Waals surface area contributed by atoms with Crippen molar-refractivity contribution >= 4 is 17.2 Å². The van der Waals surface area contributed by atoms with E-state index in [0.717, 1.165) is 11.4 Å². The second-order valence-corrected chi connectivity index (χ2v) is 7.44. The van der Waals surface area contributed by atoms with Crippen molar-refractivity contribution < 1.29 is 9.76 Å². The minimum absolute atomic E-state index is 0.0346. The SMILES string of the molecule is Cc1cccc(C#CC2=NOC3(CCN(c4nc(C)ccc4[N+](=O)[O-])CC3)C2)n1. The summed E-state index contributed by atoms with van der Waals surface area (Å²) in [6.07, 6.45) is 2.05. The first-order valence-corrected chi connectivity index (χ1v) is 9.52. The van der Waals surface area contributed by atoms with Gasteiger partial charge in [0.1, 0.15) is 17.0 Å². The minimum atomic E-state index is -0.390. The van der Waals surface area contributed by atoms with Crippen molar-refractivity contribution in [1.29, 1.82) is 0 Å². The van der Waals surface area contributed by atoms with Crippen LogP contribution in [0.25, 0.3) is 0 Å². The number of oxime groups is 1. The molecule has 29 heavy (non-hydrogen) atoms. The van der Waals surface area contributed by atoms with Crippen molar-refractivity contribution in [1.82, 2.24) is 9.97 Å². The first kappa shape index (κ1) is 18.9. The third kappa shape index (κ3) is 4.04. The maximum Gasteiger partial charge on any atom is 0.311 e. The molecule has 0 amide bonds. The Bertz CT molecular complexity index is 1050. The lowest BCUT2D eigenvalue weighted by molar-refractivity contribution is -0.384. The summed E-state index contributed by atoms with van der Waals surface area (Å²) in [7, 11) is 0. The zero-order chi connectivity index (χ0) is 20.4. The highest BCUT2D eigenvalue weighted by molar-refractivity contribution is 6.01. The van der Waals surface area contributed by atoms with Crippen molar-refractivity contribution in [3.63, 3.8) is 0 Å². The molecule has 0 bridgehead atoms. The molecule has 0 saturated carbocycles. The Balaban J connectivity index is 1.42. The Morgan fingerprint density at radius 2 is 1.86 bits per heavy atom. The second kappa shape index (κ2) is 7.51. The number of rotatable bonds is 2. The van der Waals surface area contributed by atoms with Crippen molar-refractivity contribution in [2.45, 2.75) is 38.7 Å². The molecule has 148 valence electrons. The first-order valence-electron chi connectivity index (χ1n) is 9.52. The third-order valence-corrected chi connectivity index (χ3v) is 5.23. The second-order valence-electron chi connectivity index (χ2n) is 7.44. The summed E-state index contributed by atoms with van der Waals surface area (Å²) in [5.74, 6) is 6.54. The van der Waals surface area contributed by atoms with E-state index < -0.39 is 0 Å². The van der Waals surface area contributed by atoms with Crippen LogP contribution in [0.15, 0.2) is 35.5 Å². The highest BCUT2D eigenvalue weighted by Gasteiger charge is 2.42. The van der Waals surface area contributed by atoms with Gasteiger partial charge in [-0.15, -0.1) is 0 Å². The molecule has 4 heterocycles. The largest absolute Gasteiger partial charge is 0.388 e. The van der Waals surface area contributed by atoms with Crippen LogP contribution >= 0.6 is 0 Å². The number of nitrogens with zero attached hydrogens (tertiary/aromatic N) is 5. The Hall–Kier alpha value is -3.47. The van der Waals surface area contributed by atoms with Gasteiger partial charge in [0.15, 0.2) is 0 Å². The van der Waals surface area contributed by atoms with Crippen LogP contribution in [0, 0.1) is 35.8 Å². The fraction of sp³-hybridized carbons (Fsp3) is 0.381. The van der Waals surface area contributed by atoms with Crippen LogP contribution in [0.3, 0.4) is 0 Å². The molecular weight excluding hydrogens is 370 g/mol. The number of aromatic nitrogens is 2. The monoisotopic (exact) mass is 391 g/mol. The van der Waals surface area contributed by atoms with E-state index in [0.29, 0.717) is 49.6 Å². The van der Waals surface area contributed by atoms with E-state index in [-0.39, 0.29) is 16.2 Å². The smallest absolute Gasteiger partial charge is 0.311 e. The summed E-state index contributed by atoms with van der Waals surface area (Å²) < 4.78 is 0. The van der Waals surface area contributed by atoms with E-state index >= 15 is 0 Å². The molecule has 0 aliphatic carbocycles. The summed E-state index contributed by atoms with van der Waals surface area (Å²) in [6.45, 7) is 5.00. The molecule has 2 aromatic rings. The molecule has 1 fully saturated rings. The molecule has 1 saturated heterocycles. The molecule has 0 atom stereocenters. The average Bonchev–Trinajstić information content (AvgIpc) is 3.09. The molecule has 8 heteroatoms. The predicted octanol–water partition coefficient (Wildman–Crippen LogP) is 3.17. The minimum Gasteiger partial charge on any atom is -0.388 e. The van der Waals surface area contributed by atoms with E-state index in [1.165, 1.54) is 6.07 Å². The van der Waals surface area contributed by atoms with E-state index in [9.17, 15) is 10.1 Å². The van der Waals surface area contributed by atoms with Crippen molar-refractivity contribution in [3.05, 3.63) is 57.5 Å². The van der Waals surface area contributed by atoms with Crippen molar-refractivity contribution in [2.24, 2.45) is 5.16 Å². The zero-order valence-corrected chi connectivity index (χ0v) is 16.4. The fourth-order valence-corrected chi connectivity index (χ4v) is 3.64. The average molecular weight is 391 g/mol. The predicted molar refractivity (Wildman–Crippen MR) is 109 cm³/mol. The molecular formula is C21H21N5O3. The van der Waals surface area contributed by atoms with Gasteiger partial charge in [-0.05, 0) is 43.9 Å². The number of hydrogen-bond donors (Lipinski definition) is 0. The highest BCUT2D eigenvalue weighted by atomic mass is 16.7. The van der Waals surface area contributed by atoms with Crippen LogP contribution in [0.2, 0.25) is 0 Å². The lowest BCUT2D eigenvalue weighted by Crippen LogP contribution is -2.45. The Kier molecular flexibility index (Phi) is 4.89. The van der Waals surface area contributed by atoms with Gasteiger partial charge < -0.3 is 9.74 Å². The molecule has 0 aromatic carbocycles. The van der Waals surface area contributed by atoms with E-state index in [1.807, 2.05) is 36.9 Å². The third-order valence-electron chi connectivity index (χ3n) is 5.23. The molecule has 0 N–H and O–H groups in total. The number of anilines is 1. The Labute approximate surface area is 168 Å². The van der Waals surface area contributed by atoms with Gasteiger partial charge in [-0.25, -0.2) is 9.97 Å². The van der Waals surface area contributed by atoms with E-state index in [4.69, 9.17) is 4.84 Å². The van der Waals surface area contributed by atoms with Crippen LogP contribution < -0.4 is 4.90 Å². The van der Waals surface area contributed by atoms with Crippen LogP contribution in [-0.2, 0) is 4.84 Å². The van der Waals surface area contributed by atoms with Gasteiger partial charge in [-0.2, -0.15) is 0 Å². The molecule has 2 aliphatic rings. The molecule has 0 unspecified atom stereocenters. The van der Waals surface area contributed by atoms with Gasteiger partial charge >= 0.3 is 5.69 Å².